The smallest absolute Gasteiger partial charge is 0.157 e. The third-order valence-electron chi connectivity index (χ3n) is 1.95. The molecule has 0 aromatic rings. The van der Waals surface area contributed by atoms with Crippen LogP contribution in [0.4, 0.5) is 0 Å². The molecule has 90 valence electrons. The summed E-state index contributed by atoms with van der Waals surface area (Å²) in [6.07, 6.45) is 3.36. The third kappa shape index (κ3) is 4.29. The van der Waals surface area contributed by atoms with Crippen molar-refractivity contribution in [1.29, 1.82) is 5.41 Å². The second kappa shape index (κ2) is 6.82. The molecule has 4 heteroatoms. The number of allylic oxidation sites excluding steroid dienone is 1. The summed E-state index contributed by atoms with van der Waals surface area (Å²) in [6.45, 7) is 12.2. The van der Waals surface area contributed by atoms with E-state index in [1.54, 1.807) is 19.3 Å². The van der Waals surface area contributed by atoms with Crippen molar-refractivity contribution in [3.05, 3.63) is 24.3 Å². The van der Waals surface area contributed by atoms with Crippen LogP contribution < -0.4 is 5.73 Å². The van der Waals surface area contributed by atoms with E-state index in [0.29, 0.717) is 23.1 Å². The topological polar surface area (TPSA) is 65.5 Å². The number of aliphatic imine (C=N–C) groups is 1. The molecule has 0 spiro atoms. The third-order valence-corrected chi connectivity index (χ3v) is 1.95. The first-order chi connectivity index (χ1) is 7.43. The first kappa shape index (κ1) is 14.4. The average molecular weight is 222 g/mol. The summed E-state index contributed by atoms with van der Waals surface area (Å²) >= 11 is 0. The van der Waals surface area contributed by atoms with E-state index in [-0.39, 0.29) is 0 Å². The molecule has 0 bridgehead atoms. The Balaban J connectivity index is 5.24. The highest BCUT2D eigenvalue weighted by molar-refractivity contribution is 5.95. The molecule has 0 saturated heterocycles. The lowest BCUT2D eigenvalue weighted by atomic mass is 10.2. The average Bonchev–Trinajstić information content (AvgIpc) is 2.21. The Morgan fingerprint density at radius 3 is 2.44 bits per heavy atom. The standard InChI is InChI=1S/C12H22N4/c1-6-15-12(11(14)10(5)13)16(7-2)8-9(3)4/h6-7,9,13H,2,8,14H2,1,3-5H3/b12-11-,13-10?,15-6-. The fourth-order valence-corrected chi connectivity index (χ4v) is 1.23. The van der Waals surface area contributed by atoms with Crippen molar-refractivity contribution >= 4 is 11.9 Å². The van der Waals surface area contributed by atoms with Gasteiger partial charge >= 0.3 is 0 Å². The lowest BCUT2D eigenvalue weighted by molar-refractivity contribution is 0.392. The Morgan fingerprint density at radius 1 is 1.56 bits per heavy atom. The fourth-order valence-electron chi connectivity index (χ4n) is 1.23. The molecule has 0 rings (SSSR count). The van der Waals surface area contributed by atoms with Crippen LogP contribution in [0.1, 0.15) is 27.7 Å². The summed E-state index contributed by atoms with van der Waals surface area (Å²) in [5.41, 5.74) is 6.55. The summed E-state index contributed by atoms with van der Waals surface area (Å²) in [5, 5.41) is 7.54. The summed E-state index contributed by atoms with van der Waals surface area (Å²) < 4.78 is 0. The SMILES string of the molecule is C=CN(CC(C)C)C(/N=C\C)=C(\N)C(C)=N. The molecule has 0 aliphatic rings. The quantitative estimate of drug-likeness (QED) is 0.677. The second-order valence-corrected chi connectivity index (χ2v) is 3.98. The monoisotopic (exact) mass is 222 g/mol. The largest absolute Gasteiger partial charge is 0.394 e. The molecule has 0 heterocycles. The number of hydrogen-bond donors (Lipinski definition) is 2. The minimum Gasteiger partial charge on any atom is -0.394 e. The molecular weight excluding hydrogens is 200 g/mol. The number of rotatable bonds is 6. The van der Waals surface area contributed by atoms with Crippen molar-refractivity contribution < 1.29 is 0 Å². The predicted molar refractivity (Wildman–Crippen MR) is 70.5 cm³/mol. The van der Waals surface area contributed by atoms with Crippen LogP contribution >= 0.6 is 0 Å². The van der Waals surface area contributed by atoms with Gasteiger partial charge in [0.2, 0.25) is 0 Å². The Hall–Kier alpha value is -1.58. The van der Waals surface area contributed by atoms with Gasteiger partial charge in [-0.25, -0.2) is 4.99 Å². The van der Waals surface area contributed by atoms with E-state index in [4.69, 9.17) is 11.1 Å². The Morgan fingerprint density at radius 2 is 2.12 bits per heavy atom. The van der Waals surface area contributed by atoms with E-state index in [1.165, 1.54) is 0 Å². The maximum absolute atomic E-state index is 7.54. The second-order valence-electron chi connectivity index (χ2n) is 3.98. The Kier molecular flexibility index (Phi) is 6.15. The van der Waals surface area contributed by atoms with Gasteiger partial charge in [-0.2, -0.15) is 0 Å². The molecule has 0 amide bonds. The molecule has 0 saturated carbocycles. The molecule has 0 aromatic carbocycles. The van der Waals surface area contributed by atoms with Crippen molar-refractivity contribution in [2.24, 2.45) is 16.6 Å². The minimum absolute atomic E-state index is 0.316. The van der Waals surface area contributed by atoms with Crippen LogP contribution in [0.3, 0.4) is 0 Å². The van der Waals surface area contributed by atoms with Gasteiger partial charge in [0.05, 0.1) is 11.4 Å². The minimum atomic E-state index is 0.316. The Labute approximate surface area is 98.1 Å². The fraction of sp³-hybridized carbons (Fsp3) is 0.500. The van der Waals surface area contributed by atoms with Gasteiger partial charge in [0.25, 0.3) is 0 Å². The molecule has 0 aliphatic carbocycles. The van der Waals surface area contributed by atoms with Gasteiger partial charge in [0, 0.05) is 12.8 Å². The Bertz CT molecular complexity index is 313. The van der Waals surface area contributed by atoms with E-state index in [0.717, 1.165) is 6.54 Å². The van der Waals surface area contributed by atoms with Crippen LogP contribution in [-0.2, 0) is 0 Å². The van der Waals surface area contributed by atoms with Gasteiger partial charge in [-0.3, -0.25) is 0 Å². The highest BCUT2D eigenvalue weighted by atomic mass is 15.2. The number of nitrogens with zero attached hydrogens (tertiary/aromatic N) is 2. The maximum atomic E-state index is 7.54. The van der Waals surface area contributed by atoms with Crippen LogP contribution in [0, 0.1) is 11.3 Å². The van der Waals surface area contributed by atoms with Gasteiger partial charge in [0.1, 0.15) is 0 Å². The molecule has 0 atom stereocenters. The van der Waals surface area contributed by atoms with E-state index in [9.17, 15) is 0 Å². The first-order valence-corrected chi connectivity index (χ1v) is 5.37. The molecule has 0 aliphatic heterocycles. The highest BCUT2D eigenvalue weighted by Gasteiger charge is 2.12. The van der Waals surface area contributed by atoms with Crippen LogP contribution in [-0.4, -0.2) is 23.4 Å². The van der Waals surface area contributed by atoms with E-state index < -0.39 is 0 Å². The molecule has 0 radical (unpaired) electrons. The normalized spacial score (nSPS) is 12.8. The summed E-state index contributed by atoms with van der Waals surface area (Å²) in [4.78, 5) is 6.09. The lowest BCUT2D eigenvalue weighted by Gasteiger charge is -2.23. The molecule has 4 nitrogen and oxygen atoms in total. The van der Waals surface area contributed by atoms with Gasteiger partial charge < -0.3 is 16.0 Å². The van der Waals surface area contributed by atoms with Crippen LogP contribution in [0.2, 0.25) is 0 Å². The van der Waals surface area contributed by atoms with Gasteiger partial charge in [-0.15, -0.1) is 0 Å². The molecule has 3 N–H and O–H groups in total. The molecule has 0 fully saturated rings. The van der Waals surface area contributed by atoms with Crippen molar-refractivity contribution in [2.75, 3.05) is 6.54 Å². The molecular formula is C12H22N4. The lowest BCUT2D eigenvalue weighted by Crippen LogP contribution is -2.25. The zero-order valence-corrected chi connectivity index (χ0v) is 10.6. The predicted octanol–water partition coefficient (Wildman–Crippen LogP) is 2.35. The maximum Gasteiger partial charge on any atom is 0.157 e. The zero-order chi connectivity index (χ0) is 12.7. The van der Waals surface area contributed by atoms with Crippen LogP contribution in [0.15, 0.2) is 29.3 Å². The van der Waals surface area contributed by atoms with Crippen molar-refractivity contribution in [3.8, 4) is 0 Å². The van der Waals surface area contributed by atoms with Gasteiger partial charge in [-0.05, 0) is 26.0 Å². The van der Waals surface area contributed by atoms with E-state index in [2.05, 4.69) is 25.4 Å². The van der Waals surface area contributed by atoms with E-state index in [1.807, 2.05) is 11.8 Å². The number of nitrogens with one attached hydrogen (secondary N) is 1. The summed E-state index contributed by atoms with van der Waals surface area (Å²) in [5.74, 6) is 1.07. The zero-order valence-electron chi connectivity index (χ0n) is 10.6. The van der Waals surface area contributed by atoms with Crippen LogP contribution in [0.5, 0.6) is 0 Å². The van der Waals surface area contributed by atoms with Gasteiger partial charge in [0.15, 0.2) is 5.82 Å². The van der Waals surface area contributed by atoms with Crippen LogP contribution in [0.25, 0.3) is 0 Å². The van der Waals surface area contributed by atoms with E-state index >= 15 is 0 Å². The van der Waals surface area contributed by atoms with Gasteiger partial charge in [-0.1, -0.05) is 20.4 Å². The molecule has 0 aromatic heterocycles. The number of hydrogen-bond acceptors (Lipinski definition) is 4. The van der Waals surface area contributed by atoms with Crippen molar-refractivity contribution in [1.82, 2.24) is 4.90 Å². The van der Waals surface area contributed by atoms with Crippen molar-refractivity contribution in [2.45, 2.75) is 27.7 Å². The first-order valence-electron chi connectivity index (χ1n) is 5.37. The summed E-state index contributed by atoms with van der Waals surface area (Å²) in [6, 6.07) is 0. The van der Waals surface area contributed by atoms with Crippen molar-refractivity contribution in [3.63, 3.8) is 0 Å². The number of nitrogens with two attached hydrogens (primary N) is 1. The summed E-state index contributed by atoms with van der Waals surface area (Å²) in [7, 11) is 0. The molecule has 16 heavy (non-hydrogen) atoms. The molecule has 0 unspecified atom stereocenters. The highest BCUT2D eigenvalue weighted by Crippen LogP contribution is 2.12.